The molecule has 0 aromatic carbocycles. The molecule has 1 aliphatic heterocycles. The predicted molar refractivity (Wildman–Crippen MR) is 70.9 cm³/mol. The van der Waals surface area contributed by atoms with Crippen molar-refractivity contribution in [1.82, 2.24) is 9.80 Å². The summed E-state index contributed by atoms with van der Waals surface area (Å²) >= 11 is 0. The molecule has 0 spiro atoms. The van der Waals surface area contributed by atoms with Crippen molar-refractivity contribution in [3.63, 3.8) is 0 Å². The zero-order chi connectivity index (χ0) is 14.4. The fourth-order valence-corrected chi connectivity index (χ4v) is 2.57. The van der Waals surface area contributed by atoms with Crippen LogP contribution in [0.25, 0.3) is 0 Å². The summed E-state index contributed by atoms with van der Waals surface area (Å²) in [5, 5.41) is 18.0. The van der Waals surface area contributed by atoms with Gasteiger partial charge in [0.25, 0.3) is 0 Å². The maximum absolute atomic E-state index is 12.4. The van der Waals surface area contributed by atoms with Crippen LogP contribution in [0.2, 0.25) is 0 Å². The summed E-state index contributed by atoms with van der Waals surface area (Å²) in [4.78, 5) is 26.5. The SMILES string of the molecule is CCN(C(=O)N1CCCC(CO)C1)C(C)CC(=O)O. The van der Waals surface area contributed by atoms with E-state index < -0.39 is 5.97 Å². The van der Waals surface area contributed by atoms with Gasteiger partial charge in [0.1, 0.15) is 0 Å². The van der Waals surface area contributed by atoms with Crippen LogP contribution in [0.3, 0.4) is 0 Å². The Labute approximate surface area is 114 Å². The summed E-state index contributed by atoms with van der Waals surface area (Å²) in [6, 6.07) is -0.432. The predicted octanol–water partition coefficient (Wildman–Crippen LogP) is 0.996. The first-order valence-corrected chi connectivity index (χ1v) is 6.87. The van der Waals surface area contributed by atoms with Crippen LogP contribution in [0.15, 0.2) is 0 Å². The Morgan fingerprint density at radius 2 is 2.16 bits per heavy atom. The molecular formula is C13H24N2O4. The molecule has 19 heavy (non-hydrogen) atoms. The molecule has 1 rings (SSSR count). The van der Waals surface area contributed by atoms with E-state index in [0.29, 0.717) is 19.6 Å². The second kappa shape index (κ2) is 7.33. The van der Waals surface area contributed by atoms with E-state index in [2.05, 4.69) is 0 Å². The number of hydrogen-bond donors (Lipinski definition) is 2. The first-order chi connectivity index (χ1) is 8.99. The van der Waals surface area contributed by atoms with Crippen molar-refractivity contribution in [3.8, 4) is 0 Å². The van der Waals surface area contributed by atoms with E-state index in [0.717, 1.165) is 12.8 Å². The Morgan fingerprint density at radius 1 is 1.47 bits per heavy atom. The summed E-state index contributed by atoms with van der Waals surface area (Å²) in [5.41, 5.74) is 0. The topological polar surface area (TPSA) is 81.1 Å². The van der Waals surface area contributed by atoms with Crippen LogP contribution in [0.5, 0.6) is 0 Å². The summed E-state index contributed by atoms with van der Waals surface area (Å²) in [6.07, 6.45) is 1.79. The van der Waals surface area contributed by atoms with E-state index in [4.69, 9.17) is 5.11 Å². The number of likely N-dealkylation sites (tertiary alicyclic amines) is 1. The highest BCUT2D eigenvalue weighted by Gasteiger charge is 2.29. The van der Waals surface area contributed by atoms with Gasteiger partial charge < -0.3 is 20.0 Å². The maximum atomic E-state index is 12.4. The number of carboxylic acid groups (broad SMARTS) is 1. The van der Waals surface area contributed by atoms with Crippen LogP contribution in [-0.4, -0.2) is 64.3 Å². The lowest BCUT2D eigenvalue weighted by Crippen LogP contribution is -2.51. The minimum absolute atomic E-state index is 0.0448. The standard InChI is InChI=1S/C13H24N2O4/c1-3-15(10(2)7-12(17)18)13(19)14-6-4-5-11(8-14)9-16/h10-11,16H,3-9H2,1-2H3,(H,17,18). The molecule has 2 atom stereocenters. The number of piperidine rings is 1. The lowest BCUT2D eigenvalue weighted by Gasteiger charge is -2.37. The summed E-state index contributed by atoms with van der Waals surface area (Å²) in [6.45, 7) is 5.44. The minimum Gasteiger partial charge on any atom is -0.481 e. The van der Waals surface area contributed by atoms with Crippen LogP contribution in [0, 0.1) is 5.92 Å². The van der Waals surface area contributed by atoms with Gasteiger partial charge in [0.2, 0.25) is 0 Å². The lowest BCUT2D eigenvalue weighted by atomic mass is 9.99. The number of carboxylic acids is 1. The molecule has 2 unspecified atom stereocenters. The van der Waals surface area contributed by atoms with Gasteiger partial charge in [0, 0.05) is 32.3 Å². The van der Waals surface area contributed by atoms with Crippen molar-refractivity contribution < 1.29 is 19.8 Å². The van der Waals surface area contributed by atoms with Crippen molar-refractivity contribution in [2.45, 2.75) is 39.2 Å². The van der Waals surface area contributed by atoms with Gasteiger partial charge in [-0.25, -0.2) is 4.79 Å². The van der Waals surface area contributed by atoms with Crippen molar-refractivity contribution in [2.24, 2.45) is 5.92 Å². The number of aliphatic carboxylic acids is 1. The van der Waals surface area contributed by atoms with E-state index >= 15 is 0 Å². The fourth-order valence-electron chi connectivity index (χ4n) is 2.57. The number of hydrogen-bond acceptors (Lipinski definition) is 3. The third-order valence-corrected chi connectivity index (χ3v) is 3.64. The smallest absolute Gasteiger partial charge is 0.320 e. The Bertz CT molecular complexity index is 322. The number of carbonyl (C=O) groups excluding carboxylic acids is 1. The van der Waals surface area contributed by atoms with Gasteiger partial charge in [-0.2, -0.15) is 0 Å². The highest BCUT2D eigenvalue weighted by atomic mass is 16.4. The Hall–Kier alpha value is -1.30. The summed E-state index contributed by atoms with van der Waals surface area (Å²) < 4.78 is 0. The third kappa shape index (κ3) is 4.38. The second-order valence-electron chi connectivity index (χ2n) is 5.15. The number of carbonyl (C=O) groups is 2. The average molecular weight is 272 g/mol. The van der Waals surface area contributed by atoms with Crippen LogP contribution in [0.4, 0.5) is 4.79 Å². The van der Waals surface area contributed by atoms with Crippen molar-refractivity contribution in [1.29, 1.82) is 0 Å². The van der Waals surface area contributed by atoms with Crippen molar-refractivity contribution >= 4 is 12.0 Å². The van der Waals surface area contributed by atoms with E-state index in [1.165, 1.54) is 0 Å². The van der Waals surface area contributed by atoms with Gasteiger partial charge >= 0.3 is 12.0 Å². The maximum Gasteiger partial charge on any atom is 0.320 e. The number of amides is 2. The van der Waals surface area contributed by atoms with Crippen LogP contribution >= 0.6 is 0 Å². The van der Waals surface area contributed by atoms with Crippen molar-refractivity contribution in [3.05, 3.63) is 0 Å². The first kappa shape index (κ1) is 15.8. The summed E-state index contributed by atoms with van der Waals surface area (Å²) in [5.74, 6) is -0.753. The van der Waals surface area contributed by atoms with Gasteiger partial charge in [-0.15, -0.1) is 0 Å². The van der Waals surface area contributed by atoms with E-state index in [1.54, 1.807) is 16.7 Å². The highest BCUT2D eigenvalue weighted by Crippen LogP contribution is 2.18. The molecule has 6 nitrogen and oxygen atoms in total. The largest absolute Gasteiger partial charge is 0.481 e. The van der Waals surface area contributed by atoms with E-state index in [9.17, 15) is 14.7 Å². The quantitative estimate of drug-likeness (QED) is 0.782. The van der Waals surface area contributed by atoms with Crippen LogP contribution in [-0.2, 0) is 4.79 Å². The molecule has 1 aliphatic rings. The Balaban J connectivity index is 2.64. The molecule has 1 heterocycles. The van der Waals surface area contributed by atoms with Crippen molar-refractivity contribution in [2.75, 3.05) is 26.2 Å². The van der Waals surface area contributed by atoms with Crippen LogP contribution in [0.1, 0.15) is 33.1 Å². The molecule has 1 saturated heterocycles. The minimum atomic E-state index is -0.898. The molecule has 0 saturated carbocycles. The number of aliphatic hydroxyl groups is 1. The number of aliphatic hydroxyl groups excluding tert-OH is 1. The number of urea groups is 1. The van der Waals surface area contributed by atoms with E-state index in [-0.39, 0.29) is 31.0 Å². The Morgan fingerprint density at radius 3 is 2.68 bits per heavy atom. The van der Waals surface area contributed by atoms with Gasteiger partial charge in [-0.05, 0) is 32.6 Å². The number of nitrogens with zero attached hydrogens (tertiary/aromatic N) is 2. The van der Waals surface area contributed by atoms with E-state index in [1.807, 2.05) is 6.92 Å². The molecule has 6 heteroatoms. The van der Waals surface area contributed by atoms with Gasteiger partial charge in [0.05, 0.1) is 6.42 Å². The third-order valence-electron chi connectivity index (χ3n) is 3.64. The molecule has 0 radical (unpaired) electrons. The molecule has 2 N–H and O–H groups in total. The van der Waals surface area contributed by atoms with Crippen LogP contribution < -0.4 is 0 Å². The fraction of sp³-hybridized carbons (Fsp3) is 0.846. The zero-order valence-corrected chi connectivity index (χ0v) is 11.7. The lowest BCUT2D eigenvalue weighted by molar-refractivity contribution is -0.138. The molecule has 0 bridgehead atoms. The average Bonchev–Trinajstić information content (AvgIpc) is 2.38. The molecule has 0 aromatic heterocycles. The molecular weight excluding hydrogens is 248 g/mol. The monoisotopic (exact) mass is 272 g/mol. The van der Waals surface area contributed by atoms with Gasteiger partial charge in [-0.1, -0.05) is 0 Å². The highest BCUT2D eigenvalue weighted by molar-refractivity contribution is 5.76. The zero-order valence-electron chi connectivity index (χ0n) is 11.7. The number of rotatable bonds is 5. The summed E-state index contributed by atoms with van der Waals surface area (Å²) in [7, 11) is 0. The molecule has 0 aliphatic carbocycles. The molecule has 1 fully saturated rings. The van der Waals surface area contributed by atoms with Gasteiger partial charge in [0.15, 0.2) is 0 Å². The normalized spacial score (nSPS) is 21.0. The Kier molecular flexibility index (Phi) is 6.08. The molecule has 0 aromatic rings. The molecule has 110 valence electrons. The van der Waals surface area contributed by atoms with Gasteiger partial charge in [-0.3, -0.25) is 4.79 Å². The first-order valence-electron chi connectivity index (χ1n) is 6.87. The molecule has 2 amide bonds. The second-order valence-corrected chi connectivity index (χ2v) is 5.15.